The molecule has 1 rings (SSSR count). The summed E-state index contributed by atoms with van der Waals surface area (Å²) in [6.45, 7) is 0. The van der Waals surface area contributed by atoms with Crippen LogP contribution in [0.2, 0.25) is 0 Å². The largest absolute Gasteiger partial charge is 0.493 e. The molecule has 0 bridgehead atoms. The van der Waals surface area contributed by atoms with Crippen LogP contribution in [0.1, 0.15) is 11.1 Å². The van der Waals surface area contributed by atoms with Crippen LogP contribution in [0.3, 0.4) is 0 Å². The Balaban J connectivity index is 3.51. The smallest absolute Gasteiger partial charge is 0.420 e. The molecule has 0 aliphatic carbocycles. The Labute approximate surface area is 90.0 Å². The lowest BCUT2D eigenvalue weighted by atomic mass is 10.1. The highest BCUT2D eigenvalue weighted by atomic mass is 19.4. The molecule has 1 aromatic carbocycles. The number of halogens is 3. The molecule has 0 aromatic heterocycles. The summed E-state index contributed by atoms with van der Waals surface area (Å²) in [7, 11) is 2.32. The Morgan fingerprint density at radius 3 is 2.19 bits per heavy atom. The summed E-state index contributed by atoms with van der Waals surface area (Å²) in [4.78, 5) is 0. The summed E-state index contributed by atoms with van der Waals surface area (Å²) in [5, 5.41) is 8.60. The molecule has 0 saturated carbocycles. The van der Waals surface area contributed by atoms with Crippen LogP contribution in [0.15, 0.2) is 12.1 Å². The van der Waals surface area contributed by atoms with Crippen LogP contribution in [0.4, 0.5) is 13.2 Å². The van der Waals surface area contributed by atoms with Crippen molar-refractivity contribution in [1.82, 2.24) is 0 Å². The van der Waals surface area contributed by atoms with Gasteiger partial charge in [0.15, 0.2) is 11.5 Å². The van der Waals surface area contributed by atoms with E-state index in [1.54, 1.807) is 6.07 Å². The maximum absolute atomic E-state index is 12.6. The standard InChI is InChI=1S/C10H8F3NO2/c1-15-8-4-6(5-14)3-7(9(8)16-2)10(11,12)13/h3-4H,1-2H3. The molecule has 0 aliphatic heterocycles. The second kappa shape index (κ2) is 4.31. The lowest BCUT2D eigenvalue weighted by Crippen LogP contribution is -2.09. The minimum absolute atomic E-state index is 0.117. The van der Waals surface area contributed by atoms with E-state index in [9.17, 15) is 13.2 Å². The van der Waals surface area contributed by atoms with Crippen molar-refractivity contribution in [2.75, 3.05) is 14.2 Å². The maximum atomic E-state index is 12.6. The first-order valence-corrected chi connectivity index (χ1v) is 4.17. The van der Waals surface area contributed by atoms with Crippen LogP contribution in [0.25, 0.3) is 0 Å². The van der Waals surface area contributed by atoms with Gasteiger partial charge in [-0.1, -0.05) is 0 Å². The van der Waals surface area contributed by atoms with E-state index in [2.05, 4.69) is 4.74 Å². The average Bonchev–Trinajstić information content (AvgIpc) is 2.25. The van der Waals surface area contributed by atoms with E-state index >= 15 is 0 Å². The molecule has 0 N–H and O–H groups in total. The predicted octanol–water partition coefficient (Wildman–Crippen LogP) is 2.59. The molecule has 1 aromatic rings. The molecule has 0 fully saturated rings. The summed E-state index contributed by atoms with van der Waals surface area (Å²) in [5.74, 6) is -0.539. The van der Waals surface area contributed by atoms with Crippen LogP contribution in [0.5, 0.6) is 11.5 Å². The van der Waals surface area contributed by atoms with Crippen molar-refractivity contribution in [2.24, 2.45) is 0 Å². The molecule has 0 unspecified atom stereocenters. The fraction of sp³-hybridized carbons (Fsp3) is 0.300. The fourth-order valence-electron chi connectivity index (χ4n) is 1.24. The molecular formula is C10H8F3NO2. The van der Waals surface area contributed by atoms with Gasteiger partial charge in [-0.25, -0.2) is 0 Å². The highest BCUT2D eigenvalue weighted by molar-refractivity contribution is 5.53. The van der Waals surface area contributed by atoms with Crippen LogP contribution >= 0.6 is 0 Å². The number of benzene rings is 1. The third kappa shape index (κ3) is 2.19. The van der Waals surface area contributed by atoms with Gasteiger partial charge < -0.3 is 9.47 Å². The average molecular weight is 231 g/mol. The Morgan fingerprint density at radius 2 is 1.81 bits per heavy atom. The Bertz CT molecular complexity index is 435. The summed E-state index contributed by atoms with van der Waals surface area (Å²) in [6.07, 6.45) is -4.59. The Kier molecular flexibility index (Phi) is 3.28. The second-order valence-corrected chi connectivity index (χ2v) is 2.87. The second-order valence-electron chi connectivity index (χ2n) is 2.87. The Morgan fingerprint density at radius 1 is 1.19 bits per heavy atom. The third-order valence-corrected chi connectivity index (χ3v) is 1.91. The molecule has 0 aliphatic rings. The lowest BCUT2D eigenvalue weighted by molar-refractivity contribution is -0.138. The van der Waals surface area contributed by atoms with Crippen LogP contribution in [0, 0.1) is 11.3 Å². The molecular weight excluding hydrogens is 223 g/mol. The first-order valence-electron chi connectivity index (χ1n) is 4.17. The molecule has 0 spiro atoms. The van der Waals surface area contributed by atoms with Gasteiger partial charge in [0.1, 0.15) is 5.56 Å². The number of methoxy groups -OCH3 is 2. The molecule has 3 nitrogen and oxygen atoms in total. The van der Waals surface area contributed by atoms with E-state index in [-0.39, 0.29) is 11.3 Å². The number of rotatable bonds is 2. The van der Waals surface area contributed by atoms with Crippen molar-refractivity contribution in [3.05, 3.63) is 23.3 Å². The van der Waals surface area contributed by atoms with E-state index in [1.165, 1.54) is 13.2 Å². The van der Waals surface area contributed by atoms with Crippen LogP contribution < -0.4 is 9.47 Å². The van der Waals surface area contributed by atoms with Crippen LogP contribution in [-0.2, 0) is 6.18 Å². The summed E-state index contributed by atoms with van der Waals surface area (Å²) < 4.78 is 47.2. The minimum atomic E-state index is -4.59. The quantitative estimate of drug-likeness (QED) is 0.785. The van der Waals surface area contributed by atoms with E-state index in [0.717, 1.165) is 13.2 Å². The van der Waals surface area contributed by atoms with Gasteiger partial charge in [-0.3, -0.25) is 0 Å². The highest BCUT2D eigenvalue weighted by Gasteiger charge is 2.36. The normalized spacial score (nSPS) is 10.8. The van der Waals surface area contributed by atoms with Crippen molar-refractivity contribution in [3.63, 3.8) is 0 Å². The number of nitriles is 1. The van der Waals surface area contributed by atoms with Crippen molar-refractivity contribution < 1.29 is 22.6 Å². The maximum Gasteiger partial charge on any atom is 0.420 e. The monoisotopic (exact) mass is 231 g/mol. The van der Waals surface area contributed by atoms with E-state index in [1.807, 2.05) is 0 Å². The number of hydrogen-bond acceptors (Lipinski definition) is 3. The molecule has 6 heteroatoms. The zero-order chi connectivity index (χ0) is 12.3. The van der Waals surface area contributed by atoms with E-state index < -0.39 is 17.5 Å². The zero-order valence-electron chi connectivity index (χ0n) is 8.55. The lowest BCUT2D eigenvalue weighted by Gasteiger charge is -2.15. The first kappa shape index (κ1) is 12.2. The van der Waals surface area contributed by atoms with Crippen molar-refractivity contribution in [3.8, 4) is 17.6 Å². The SMILES string of the molecule is COc1cc(C#N)cc(C(F)(F)F)c1OC. The topological polar surface area (TPSA) is 42.2 Å². The molecule has 0 heterocycles. The van der Waals surface area contributed by atoms with Gasteiger partial charge >= 0.3 is 6.18 Å². The van der Waals surface area contributed by atoms with Gasteiger partial charge in [-0.2, -0.15) is 18.4 Å². The molecule has 0 atom stereocenters. The molecule has 86 valence electrons. The summed E-state index contributed by atoms with van der Waals surface area (Å²) in [6, 6.07) is 3.54. The number of ether oxygens (including phenoxy) is 2. The van der Waals surface area contributed by atoms with E-state index in [0.29, 0.717) is 0 Å². The van der Waals surface area contributed by atoms with Gasteiger partial charge in [0, 0.05) is 6.07 Å². The van der Waals surface area contributed by atoms with Crippen LogP contribution in [-0.4, -0.2) is 14.2 Å². The fourth-order valence-corrected chi connectivity index (χ4v) is 1.24. The van der Waals surface area contributed by atoms with Gasteiger partial charge in [0.05, 0.1) is 25.9 Å². The minimum Gasteiger partial charge on any atom is -0.493 e. The van der Waals surface area contributed by atoms with Gasteiger partial charge in [0.25, 0.3) is 0 Å². The van der Waals surface area contributed by atoms with Crippen molar-refractivity contribution in [1.29, 1.82) is 5.26 Å². The highest BCUT2D eigenvalue weighted by Crippen LogP contribution is 2.42. The van der Waals surface area contributed by atoms with Gasteiger partial charge in [-0.05, 0) is 6.07 Å². The van der Waals surface area contributed by atoms with E-state index in [4.69, 9.17) is 10.00 Å². The van der Waals surface area contributed by atoms with Gasteiger partial charge in [0.2, 0.25) is 0 Å². The van der Waals surface area contributed by atoms with Crippen molar-refractivity contribution in [2.45, 2.75) is 6.18 Å². The number of nitrogens with zero attached hydrogens (tertiary/aromatic N) is 1. The summed E-state index contributed by atoms with van der Waals surface area (Å²) >= 11 is 0. The molecule has 16 heavy (non-hydrogen) atoms. The predicted molar refractivity (Wildman–Crippen MR) is 49.3 cm³/mol. The molecule has 0 amide bonds. The zero-order valence-corrected chi connectivity index (χ0v) is 8.55. The molecule has 0 radical (unpaired) electrons. The molecule has 0 saturated heterocycles. The van der Waals surface area contributed by atoms with Gasteiger partial charge in [-0.15, -0.1) is 0 Å². The number of alkyl halides is 3. The van der Waals surface area contributed by atoms with Crippen molar-refractivity contribution >= 4 is 0 Å². The Hall–Kier alpha value is -1.90. The number of hydrogen-bond donors (Lipinski definition) is 0. The third-order valence-electron chi connectivity index (χ3n) is 1.91. The first-order chi connectivity index (χ1) is 7.43. The summed E-state index contributed by atoms with van der Waals surface area (Å²) in [5.41, 5.74) is -1.16.